The normalized spacial score (nSPS) is 12.8. The first kappa shape index (κ1) is 18.6. The van der Waals surface area contributed by atoms with Crippen LogP contribution in [0.1, 0.15) is 21.5 Å². The summed E-state index contributed by atoms with van der Waals surface area (Å²) < 4.78 is 18.9. The average Bonchev–Trinajstić information content (AvgIpc) is 3.17. The standard InChI is InChI=1S/C24H18FNO3/c25-21-7-3-2-6-20(21)24(28)29-19-12-9-17(10-13-19)11-14-23(27)26-16-15-18-5-1-4-8-22(18)26/h1-14H,15-16H2/b14-11+. The smallest absolute Gasteiger partial charge is 0.346 e. The maximum Gasteiger partial charge on any atom is 0.346 e. The Bertz CT molecular complexity index is 1090. The molecule has 0 bridgehead atoms. The minimum Gasteiger partial charge on any atom is -0.423 e. The summed E-state index contributed by atoms with van der Waals surface area (Å²) in [5.74, 6) is -1.16. The Balaban J connectivity index is 1.40. The predicted octanol–water partition coefficient (Wildman–Crippen LogP) is 4.65. The molecule has 0 atom stereocenters. The topological polar surface area (TPSA) is 46.6 Å². The van der Waals surface area contributed by atoms with Crippen LogP contribution in [0.2, 0.25) is 0 Å². The zero-order valence-corrected chi connectivity index (χ0v) is 15.5. The van der Waals surface area contributed by atoms with E-state index in [0.717, 1.165) is 17.7 Å². The molecule has 0 aromatic heterocycles. The minimum atomic E-state index is -0.755. The van der Waals surface area contributed by atoms with Gasteiger partial charge in [-0.05, 0) is 54.0 Å². The fourth-order valence-electron chi connectivity index (χ4n) is 3.26. The highest BCUT2D eigenvalue weighted by atomic mass is 19.1. The number of anilines is 1. The van der Waals surface area contributed by atoms with E-state index >= 15 is 0 Å². The summed E-state index contributed by atoms with van der Waals surface area (Å²) in [5, 5.41) is 0. The van der Waals surface area contributed by atoms with Crippen molar-refractivity contribution in [1.82, 2.24) is 0 Å². The predicted molar refractivity (Wildman–Crippen MR) is 109 cm³/mol. The lowest BCUT2D eigenvalue weighted by atomic mass is 10.2. The van der Waals surface area contributed by atoms with Crippen molar-refractivity contribution in [3.63, 3.8) is 0 Å². The van der Waals surface area contributed by atoms with Gasteiger partial charge in [0.2, 0.25) is 0 Å². The Labute approximate surface area is 167 Å². The van der Waals surface area contributed by atoms with Gasteiger partial charge in [-0.3, -0.25) is 4.79 Å². The molecule has 0 aliphatic carbocycles. The van der Waals surface area contributed by atoms with Gasteiger partial charge in [0, 0.05) is 18.3 Å². The molecular weight excluding hydrogens is 369 g/mol. The van der Waals surface area contributed by atoms with Gasteiger partial charge in [-0.15, -0.1) is 0 Å². The van der Waals surface area contributed by atoms with Crippen molar-refractivity contribution in [1.29, 1.82) is 0 Å². The summed E-state index contributed by atoms with van der Waals surface area (Å²) in [6, 6.07) is 20.2. The first-order valence-electron chi connectivity index (χ1n) is 9.26. The number of benzene rings is 3. The molecule has 144 valence electrons. The Hall–Kier alpha value is -3.73. The summed E-state index contributed by atoms with van der Waals surface area (Å²) in [4.78, 5) is 26.3. The van der Waals surface area contributed by atoms with E-state index in [9.17, 15) is 14.0 Å². The van der Waals surface area contributed by atoms with E-state index in [4.69, 9.17) is 4.74 Å². The van der Waals surface area contributed by atoms with Gasteiger partial charge in [-0.25, -0.2) is 9.18 Å². The van der Waals surface area contributed by atoms with Crippen LogP contribution in [0.5, 0.6) is 5.75 Å². The van der Waals surface area contributed by atoms with Crippen LogP contribution in [0.25, 0.3) is 6.08 Å². The van der Waals surface area contributed by atoms with Crippen LogP contribution in [0.3, 0.4) is 0 Å². The summed E-state index contributed by atoms with van der Waals surface area (Å²) in [6.45, 7) is 0.674. The molecule has 0 fully saturated rings. The average molecular weight is 387 g/mol. The highest BCUT2D eigenvalue weighted by Gasteiger charge is 2.22. The molecule has 0 spiro atoms. The number of hydrogen-bond donors (Lipinski definition) is 0. The van der Waals surface area contributed by atoms with E-state index in [2.05, 4.69) is 0 Å². The quantitative estimate of drug-likeness (QED) is 0.372. The Morgan fingerprint density at radius 3 is 2.45 bits per heavy atom. The van der Waals surface area contributed by atoms with Crippen molar-refractivity contribution < 1.29 is 18.7 Å². The van der Waals surface area contributed by atoms with E-state index in [-0.39, 0.29) is 11.5 Å². The molecule has 4 nitrogen and oxygen atoms in total. The molecule has 0 unspecified atom stereocenters. The van der Waals surface area contributed by atoms with Crippen LogP contribution >= 0.6 is 0 Å². The van der Waals surface area contributed by atoms with Gasteiger partial charge in [0.05, 0.1) is 5.56 Å². The van der Waals surface area contributed by atoms with Crippen molar-refractivity contribution in [2.24, 2.45) is 0 Å². The van der Waals surface area contributed by atoms with Gasteiger partial charge >= 0.3 is 5.97 Å². The van der Waals surface area contributed by atoms with E-state index in [0.29, 0.717) is 12.3 Å². The number of amides is 1. The minimum absolute atomic E-state index is 0.0787. The molecule has 3 aromatic carbocycles. The fourth-order valence-corrected chi connectivity index (χ4v) is 3.26. The number of esters is 1. The number of ether oxygens (including phenoxy) is 1. The second-order valence-corrected chi connectivity index (χ2v) is 6.64. The molecule has 1 heterocycles. The van der Waals surface area contributed by atoms with E-state index in [1.807, 2.05) is 24.3 Å². The van der Waals surface area contributed by atoms with Crippen molar-refractivity contribution in [2.75, 3.05) is 11.4 Å². The number of para-hydroxylation sites is 1. The second-order valence-electron chi connectivity index (χ2n) is 6.64. The molecule has 1 aliphatic rings. The van der Waals surface area contributed by atoms with Gasteiger partial charge in [-0.1, -0.05) is 42.5 Å². The highest BCUT2D eigenvalue weighted by molar-refractivity contribution is 6.05. The van der Waals surface area contributed by atoms with Gasteiger partial charge in [0.1, 0.15) is 11.6 Å². The molecule has 29 heavy (non-hydrogen) atoms. The third-order valence-corrected chi connectivity index (χ3v) is 4.76. The van der Waals surface area contributed by atoms with Crippen molar-refractivity contribution in [2.45, 2.75) is 6.42 Å². The third-order valence-electron chi connectivity index (χ3n) is 4.76. The van der Waals surface area contributed by atoms with Crippen LogP contribution in [-0.4, -0.2) is 18.4 Å². The lowest BCUT2D eigenvalue weighted by Gasteiger charge is -2.14. The monoisotopic (exact) mass is 387 g/mol. The van der Waals surface area contributed by atoms with Crippen LogP contribution < -0.4 is 9.64 Å². The van der Waals surface area contributed by atoms with E-state index in [1.54, 1.807) is 41.3 Å². The van der Waals surface area contributed by atoms with E-state index in [1.165, 1.54) is 29.8 Å². The summed E-state index contributed by atoms with van der Waals surface area (Å²) in [7, 11) is 0. The zero-order chi connectivity index (χ0) is 20.2. The number of carbonyl (C=O) groups excluding carboxylic acids is 2. The summed E-state index contributed by atoms with van der Waals surface area (Å²) >= 11 is 0. The fraction of sp³-hybridized carbons (Fsp3) is 0.0833. The first-order chi connectivity index (χ1) is 14.1. The van der Waals surface area contributed by atoms with Crippen LogP contribution in [-0.2, 0) is 11.2 Å². The zero-order valence-electron chi connectivity index (χ0n) is 15.5. The molecule has 0 saturated carbocycles. The van der Waals surface area contributed by atoms with Crippen molar-refractivity contribution in [3.8, 4) is 5.75 Å². The van der Waals surface area contributed by atoms with Gasteiger partial charge in [-0.2, -0.15) is 0 Å². The van der Waals surface area contributed by atoms with Crippen LogP contribution in [0.4, 0.5) is 10.1 Å². The van der Waals surface area contributed by atoms with Crippen molar-refractivity contribution in [3.05, 3.63) is 101 Å². The number of nitrogens with zero attached hydrogens (tertiary/aromatic N) is 1. The van der Waals surface area contributed by atoms with Crippen LogP contribution in [0, 0.1) is 5.82 Å². The maximum atomic E-state index is 13.7. The Kier molecular flexibility index (Phi) is 5.20. The molecule has 1 aliphatic heterocycles. The Morgan fingerprint density at radius 2 is 1.66 bits per heavy atom. The van der Waals surface area contributed by atoms with Gasteiger partial charge < -0.3 is 9.64 Å². The third kappa shape index (κ3) is 4.09. The number of carbonyl (C=O) groups is 2. The molecule has 1 amide bonds. The first-order valence-corrected chi connectivity index (χ1v) is 9.26. The van der Waals surface area contributed by atoms with Gasteiger partial charge in [0.15, 0.2) is 0 Å². The molecule has 4 rings (SSSR count). The summed E-state index contributed by atoms with van der Waals surface area (Å²) in [6.07, 6.45) is 4.10. The molecule has 5 heteroatoms. The largest absolute Gasteiger partial charge is 0.423 e. The molecule has 0 saturated heterocycles. The summed E-state index contributed by atoms with van der Waals surface area (Å²) in [5.41, 5.74) is 2.80. The molecule has 3 aromatic rings. The lowest BCUT2D eigenvalue weighted by molar-refractivity contribution is -0.114. The van der Waals surface area contributed by atoms with Crippen LogP contribution in [0.15, 0.2) is 78.9 Å². The highest BCUT2D eigenvalue weighted by Crippen LogP contribution is 2.27. The van der Waals surface area contributed by atoms with Gasteiger partial charge in [0.25, 0.3) is 5.91 Å². The second kappa shape index (κ2) is 8.10. The SMILES string of the molecule is O=C(Oc1ccc(/C=C/C(=O)N2CCc3ccccc32)cc1)c1ccccc1F. The number of halogens is 1. The number of rotatable bonds is 4. The Morgan fingerprint density at radius 1 is 0.931 bits per heavy atom. The number of fused-ring (bicyclic) bond motifs is 1. The molecule has 0 radical (unpaired) electrons. The van der Waals surface area contributed by atoms with Crippen molar-refractivity contribution >= 4 is 23.6 Å². The lowest BCUT2D eigenvalue weighted by Crippen LogP contribution is -2.26. The van der Waals surface area contributed by atoms with E-state index < -0.39 is 11.8 Å². The molecule has 0 N–H and O–H groups in total. The maximum absolute atomic E-state index is 13.7. The number of hydrogen-bond acceptors (Lipinski definition) is 3. The molecular formula is C24H18FNO3.